The second-order valence-electron chi connectivity index (χ2n) is 6.81. The minimum absolute atomic E-state index is 1.07. The predicted molar refractivity (Wildman–Crippen MR) is 112 cm³/mol. The summed E-state index contributed by atoms with van der Waals surface area (Å²) in [5.41, 5.74) is 2.85. The Bertz CT molecular complexity index is 557. The first-order chi connectivity index (χ1) is 12.2. The Morgan fingerprint density at radius 1 is 0.720 bits per heavy atom. The van der Waals surface area contributed by atoms with Crippen LogP contribution in [0, 0.1) is 0 Å². The lowest BCUT2D eigenvalue weighted by atomic mass is 10.2. The van der Waals surface area contributed by atoms with Crippen molar-refractivity contribution in [3.05, 3.63) is 71.8 Å². The average molecular weight is 357 g/mol. The molecule has 0 spiro atoms. The Morgan fingerprint density at radius 3 is 1.96 bits per heavy atom. The number of benzene rings is 2. The molecule has 0 unspecified atom stereocenters. The lowest BCUT2D eigenvalue weighted by molar-refractivity contribution is 0.248. The quantitative estimate of drug-likeness (QED) is 0.506. The highest BCUT2D eigenvalue weighted by Gasteiger charge is 2.06. The summed E-state index contributed by atoms with van der Waals surface area (Å²) >= 11 is 2.05. The van der Waals surface area contributed by atoms with Crippen molar-refractivity contribution in [2.45, 2.75) is 25.1 Å². The fourth-order valence-electron chi connectivity index (χ4n) is 2.88. The minimum Gasteiger partial charge on any atom is -0.309 e. The van der Waals surface area contributed by atoms with Crippen molar-refractivity contribution in [1.82, 2.24) is 9.80 Å². The zero-order valence-corrected chi connectivity index (χ0v) is 16.5. The Labute approximate surface area is 158 Å². The lowest BCUT2D eigenvalue weighted by Gasteiger charge is -2.23. The van der Waals surface area contributed by atoms with Crippen molar-refractivity contribution < 1.29 is 0 Å². The molecule has 136 valence electrons. The van der Waals surface area contributed by atoms with Crippen LogP contribution < -0.4 is 0 Å². The largest absolute Gasteiger partial charge is 0.309 e. The highest BCUT2D eigenvalue weighted by atomic mass is 32.2. The molecule has 0 saturated heterocycles. The van der Waals surface area contributed by atoms with Gasteiger partial charge in [0.25, 0.3) is 0 Å². The molecule has 0 saturated carbocycles. The van der Waals surface area contributed by atoms with Crippen LogP contribution in [0.25, 0.3) is 0 Å². The molecule has 0 heterocycles. The molecule has 0 fully saturated rings. The smallest absolute Gasteiger partial charge is 0.0233 e. The molecule has 0 amide bonds. The Hall–Kier alpha value is -1.29. The summed E-state index contributed by atoms with van der Waals surface area (Å²) in [4.78, 5) is 4.89. The SMILES string of the molecule is CN(C)CCCN(CCCSCc1ccccc1)Cc1ccccc1. The Balaban J connectivity index is 1.71. The van der Waals surface area contributed by atoms with Crippen LogP contribution in [0.2, 0.25) is 0 Å². The van der Waals surface area contributed by atoms with Gasteiger partial charge in [0, 0.05) is 12.3 Å². The molecule has 0 aliphatic heterocycles. The van der Waals surface area contributed by atoms with E-state index < -0.39 is 0 Å². The van der Waals surface area contributed by atoms with E-state index >= 15 is 0 Å². The second kappa shape index (κ2) is 12.1. The van der Waals surface area contributed by atoms with Gasteiger partial charge < -0.3 is 4.90 Å². The third-order valence-electron chi connectivity index (χ3n) is 4.20. The van der Waals surface area contributed by atoms with E-state index in [0.29, 0.717) is 0 Å². The Morgan fingerprint density at radius 2 is 1.32 bits per heavy atom. The molecule has 0 aromatic heterocycles. The fraction of sp³-hybridized carbons (Fsp3) is 0.455. The van der Waals surface area contributed by atoms with Crippen LogP contribution in [0.3, 0.4) is 0 Å². The van der Waals surface area contributed by atoms with Crippen LogP contribution in [0.5, 0.6) is 0 Å². The van der Waals surface area contributed by atoms with Gasteiger partial charge in [-0.2, -0.15) is 11.8 Å². The maximum Gasteiger partial charge on any atom is 0.0233 e. The standard InChI is InChI=1S/C22H32N2S/c1-23(2)15-9-16-24(19-21-11-5-3-6-12-21)17-10-18-25-20-22-13-7-4-8-14-22/h3-8,11-14H,9-10,15-20H2,1-2H3. The van der Waals surface area contributed by atoms with Gasteiger partial charge in [0.1, 0.15) is 0 Å². The van der Waals surface area contributed by atoms with Gasteiger partial charge in [0.2, 0.25) is 0 Å². The third-order valence-corrected chi connectivity index (χ3v) is 5.32. The van der Waals surface area contributed by atoms with E-state index in [2.05, 4.69) is 84.6 Å². The fourth-order valence-corrected chi connectivity index (χ4v) is 3.78. The summed E-state index contributed by atoms with van der Waals surface area (Å²) in [7, 11) is 4.31. The van der Waals surface area contributed by atoms with Crippen LogP contribution in [0.4, 0.5) is 0 Å². The van der Waals surface area contributed by atoms with Gasteiger partial charge in [-0.05, 0) is 63.5 Å². The van der Waals surface area contributed by atoms with E-state index in [9.17, 15) is 0 Å². The van der Waals surface area contributed by atoms with Crippen molar-refractivity contribution in [2.75, 3.05) is 39.5 Å². The maximum atomic E-state index is 2.61. The van der Waals surface area contributed by atoms with E-state index in [-0.39, 0.29) is 0 Å². The molecule has 0 N–H and O–H groups in total. The third kappa shape index (κ3) is 9.10. The van der Waals surface area contributed by atoms with E-state index in [0.717, 1.165) is 18.8 Å². The van der Waals surface area contributed by atoms with Crippen molar-refractivity contribution in [3.63, 3.8) is 0 Å². The molecule has 0 aliphatic carbocycles. The number of hydrogen-bond donors (Lipinski definition) is 0. The summed E-state index contributed by atoms with van der Waals surface area (Å²) in [6.07, 6.45) is 2.49. The lowest BCUT2D eigenvalue weighted by Crippen LogP contribution is -2.28. The van der Waals surface area contributed by atoms with E-state index in [1.807, 2.05) is 11.8 Å². The molecule has 2 rings (SSSR count). The van der Waals surface area contributed by atoms with Crippen LogP contribution in [0.15, 0.2) is 60.7 Å². The molecule has 0 radical (unpaired) electrons. The monoisotopic (exact) mass is 356 g/mol. The molecule has 3 heteroatoms. The zero-order valence-electron chi connectivity index (χ0n) is 15.7. The predicted octanol–water partition coefficient (Wildman–Crippen LogP) is 4.76. The van der Waals surface area contributed by atoms with Gasteiger partial charge in [-0.25, -0.2) is 0 Å². The van der Waals surface area contributed by atoms with E-state index in [1.165, 1.54) is 42.8 Å². The molecular formula is C22H32N2S. The van der Waals surface area contributed by atoms with E-state index in [4.69, 9.17) is 0 Å². The van der Waals surface area contributed by atoms with Crippen LogP contribution in [-0.2, 0) is 12.3 Å². The molecule has 2 aromatic rings. The highest BCUT2D eigenvalue weighted by Crippen LogP contribution is 2.14. The summed E-state index contributed by atoms with van der Waals surface area (Å²) < 4.78 is 0. The number of rotatable bonds is 12. The molecule has 2 aromatic carbocycles. The summed E-state index contributed by atoms with van der Waals surface area (Å²) in [6, 6.07) is 21.6. The minimum atomic E-state index is 1.07. The molecule has 25 heavy (non-hydrogen) atoms. The van der Waals surface area contributed by atoms with Crippen LogP contribution >= 0.6 is 11.8 Å². The second-order valence-corrected chi connectivity index (χ2v) is 7.92. The van der Waals surface area contributed by atoms with Gasteiger partial charge in [0.15, 0.2) is 0 Å². The van der Waals surface area contributed by atoms with Gasteiger partial charge in [0.05, 0.1) is 0 Å². The topological polar surface area (TPSA) is 6.48 Å². The molecule has 2 nitrogen and oxygen atoms in total. The first-order valence-electron chi connectivity index (χ1n) is 9.27. The molecule has 0 atom stereocenters. The van der Waals surface area contributed by atoms with Crippen molar-refractivity contribution in [3.8, 4) is 0 Å². The number of thioether (sulfide) groups is 1. The normalized spacial score (nSPS) is 11.4. The van der Waals surface area contributed by atoms with Crippen molar-refractivity contribution in [2.24, 2.45) is 0 Å². The van der Waals surface area contributed by atoms with Crippen molar-refractivity contribution in [1.29, 1.82) is 0 Å². The summed E-state index contributed by atoms with van der Waals surface area (Å²) in [5, 5.41) is 0. The Kier molecular flexibility index (Phi) is 9.71. The van der Waals surface area contributed by atoms with Gasteiger partial charge in [-0.3, -0.25) is 4.90 Å². The van der Waals surface area contributed by atoms with Crippen LogP contribution in [0.1, 0.15) is 24.0 Å². The maximum absolute atomic E-state index is 2.61. The van der Waals surface area contributed by atoms with Crippen LogP contribution in [-0.4, -0.2) is 49.3 Å². The summed E-state index contributed by atoms with van der Waals surface area (Å²) in [5.74, 6) is 2.36. The highest BCUT2D eigenvalue weighted by molar-refractivity contribution is 7.98. The number of nitrogens with zero attached hydrogens (tertiary/aromatic N) is 2. The van der Waals surface area contributed by atoms with Gasteiger partial charge in [-0.1, -0.05) is 60.7 Å². The summed E-state index contributed by atoms with van der Waals surface area (Å²) in [6.45, 7) is 4.59. The molecule has 0 aliphatic rings. The van der Waals surface area contributed by atoms with E-state index in [1.54, 1.807) is 0 Å². The number of hydrogen-bond acceptors (Lipinski definition) is 3. The molecular weight excluding hydrogens is 324 g/mol. The zero-order chi connectivity index (χ0) is 17.7. The van der Waals surface area contributed by atoms with Gasteiger partial charge in [-0.15, -0.1) is 0 Å². The first kappa shape index (κ1) is 20.0. The average Bonchev–Trinajstić information content (AvgIpc) is 2.62. The first-order valence-corrected chi connectivity index (χ1v) is 10.4. The van der Waals surface area contributed by atoms with Gasteiger partial charge >= 0.3 is 0 Å². The molecule has 0 bridgehead atoms. The van der Waals surface area contributed by atoms with Crippen molar-refractivity contribution >= 4 is 11.8 Å².